The molecule has 3 amide bonds. The fourth-order valence-electron chi connectivity index (χ4n) is 4.22. The van der Waals surface area contributed by atoms with Crippen molar-refractivity contribution in [2.45, 2.75) is 10.1 Å². The molecule has 0 saturated heterocycles. The van der Waals surface area contributed by atoms with Gasteiger partial charge in [0.1, 0.15) is 5.25 Å². The smallest absolute Gasteiger partial charge is 0.255 e. The third kappa shape index (κ3) is 6.17. The van der Waals surface area contributed by atoms with Gasteiger partial charge >= 0.3 is 0 Å². The first-order valence-electron chi connectivity index (χ1n) is 12.3. The van der Waals surface area contributed by atoms with Crippen LogP contribution in [0.25, 0.3) is 10.8 Å². The Morgan fingerprint density at radius 2 is 1.38 bits per heavy atom. The molecule has 5 aromatic carbocycles. The third-order valence-corrected chi connectivity index (χ3v) is 7.40. The monoisotopic (exact) mass is 531 g/mol. The number of hydrogen-bond acceptors (Lipinski definition) is 4. The molecule has 5 rings (SSSR count). The molecule has 0 heterocycles. The summed E-state index contributed by atoms with van der Waals surface area (Å²) in [5.41, 5.74) is 8.05. The minimum Gasteiger partial charge on any atom is -0.366 e. The topological polar surface area (TPSA) is 101 Å². The summed E-state index contributed by atoms with van der Waals surface area (Å²) in [6.07, 6.45) is 0. The number of nitrogens with two attached hydrogens (primary N) is 1. The van der Waals surface area contributed by atoms with Crippen LogP contribution in [0.3, 0.4) is 0 Å². The highest BCUT2D eigenvalue weighted by Gasteiger charge is 2.24. The number of primary amides is 1. The molecule has 0 aliphatic heterocycles. The predicted molar refractivity (Wildman–Crippen MR) is 157 cm³/mol. The van der Waals surface area contributed by atoms with Gasteiger partial charge in [-0.2, -0.15) is 0 Å². The van der Waals surface area contributed by atoms with E-state index in [-0.39, 0.29) is 17.4 Å². The maximum Gasteiger partial charge on any atom is 0.255 e. The van der Waals surface area contributed by atoms with Gasteiger partial charge in [0.25, 0.3) is 11.8 Å². The van der Waals surface area contributed by atoms with Gasteiger partial charge in [0.15, 0.2) is 0 Å². The molecule has 1 unspecified atom stereocenters. The Morgan fingerprint density at radius 3 is 2.18 bits per heavy atom. The maximum atomic E-state index is 13.5. The summed E-state index contributed by atoms with van der Waals surface area (Å²) in [7, 11) is 0. The Hall–Kier alpha value is -4.88. The molecular formula is C32H25N3O3S. The number of thioether (sulfide) groups is 1. The van der Waals surface area contributed by atoms with Crippen LogP contribution in [0.1, 0.15) is 31.5 Å². The van der Waals surface area contributed by atoms with Gasteiger partial charge < -0.3 is 16.4 Å². The minimum atomic E-state index is -0.626. The van der Waals surface area contributed by atoms with Crippen LogP contribution in [-0.2, 0) is 4.79 Å². The number of amides is 3. The SMILES string of the molecule is NC(=O)c1ccccc1NC(=O)C(Sc1cccc(NC(=O)c2ccc3ccccc3c2)c1)c1ccccc1. The van der Waals surface area contributed by atoms with E-state index in [1.54, 1.807) is 30.3 Å². The summed E-state index contributed by atoms with van der Waals surface area (Å²) < 4.78 is 0. The van der Waals surface area contributed by atoms with Crippen LogP contribution in [0.4, 0.5) is 11.4 Å². The fourth-order valence-corrected chi connectivity index (χ4v) is 5.31. The van der Waals surface area contributed by atoms with Crippen molar-refractivity contribution in [3.05, 3.63) is 138 Å². The van der Waals surface area contributed by atoms with Gasteiger partial charge in [0.05, 0.1) is 11.3 Å². The molecule has 6 nitrogen and oxygen atoms in total. The van der Waals surface area contributed by atoms with Crippen LogP contribution in [0.5, 0.6) is 0 Å². The zero-order valence-electron chi connectivity index (χ0n) is 20.8. The first kappa shape index (κ1) is 25.8. The summed E-state index contributed by atoms with van der Waals surface area (Å²) in [5.74, 6) is -1.14. The lowest BCUT2D eigenvalue weighted by atomic mass is 10.1. The number of hydrogen-bond donors (Lipinski definition) is 3. The molecule has 0 fully saturated rings. The highest BCUT2D eigenvalue weighted by atomic mass is 32.2. The van der Waals surface area contributed by atoms with Crippen molar-refractivity contribution in [1.29, 1.82) is 0 Å². The van der Waals surface area contributed by atoms with E-state index in [0.29, 0.717) is 16.9 Å². The van der Waals surface area contributed by atoms with E-state index in [1.807, 2.05) is 91.0 Å². The Morgan fingerprint density at radius 1 is 0.667 bits per heavy atom. The molecule has 1 atom stereocenters. The van der Waals surface area contributed by atoms with Gasteiger partial charge in [0, 0.05) is 16.1 Å². The summed E-state index contributed by atoms with van der Waals surface area (Å²) in [5, 5.41) is 7.25. The van der Waals surface area contributed by atoms with Crippen LogP contribution < -0.4 is 16.4 Å². The van der Waals surface area contributed by atoms with Crippen molar-refractivity contribution < 1.29 is 14.4 Å². The van der Waals surface area contributed by atoms with Crippen molar-refractivity contribution in [3.63, 3.8) is 0 Å². The van der Waals surface area contributed by atoms with Gasteiger partial charge in [-0.3, -0.25) is 14.4 Å². The molecule has 0 aliphatic rings. The molecule has 0 spiro atoms. The van der Waals surface area contributed by atoms with E-state index >= 15 is 0 Å². The van der Waals surface area contributed by atoms with Crippen LogP contribution in [0.15, 0.2) is 126 Å². The van der Waals surface area contributed by atoms with Gasteiger partial charge in [0.2, 0.25) is 5.91 Å². The van der Waals surface area contributed by atoms with Gasteiger partial charge in [-0.25, -0.2) is 0 Å². The highest BCUT2D eigenvalue weighted by Crippen LogP contribution is 2.37. The summed E-state index contributed by atoms with van der Waals surface area (Å²) in [4.78, 5) is 39.1. The number of para-hydroxylation sites is 1. The lowest BCUT2D eigenvalue weighted by Gasteiger charge is -2.18. The average Bonchev–Trinajstić information content (AvgIpc) is 2.96. The van der Waals surface area contributed by atoms with Gasteiger partial charge in [-0.15, -0.1) is 11.8 Å². The second-order valence-corrected chi connectivity index (χ2v) is 10.0. The molecule has 7 heteroatoms. The first-order valence-corrected chi connectivity index (χ1v) is 13.2. The third-order valence-electron chi connectivity index (χ3n) is 6.15. The Bertz CT molecular complexity index is 1670. The predicted octanol–water partition coefficient (Wildman–Crippen LogP) is 6.66. The summed E-state index contributed by atoms with van der Waals surface area (Å²) >= 11 is 1.34. The van der Waals surface area contributed by atoms with E-state index in [2.05, 4.69) is 10.6 Å². The van der Waals surface area contributed by atoms with E-state index < -0.39 is 11.2 Å². The largest absolute Gasteiger partial charge is 0.366 e. The van der Waals surface area contributed by atoms with Crippen molar-refractivity contribution in [2.75, 3.05) is 10.6 Å². The molecule has 39 heavy (non-hydrogen) atoms. The molecule has 4 N–H and O–H groups in total. The first-order chi connectivity index (χ1) is 19.0. The Labute approximate surface area is 230 Å². The zero-order valence-corrected chi connectivity index (χ0v) is 21.7. The van der Waals surface area contributed by atoms with Gasteiger partial charge in [-0.05, 0) is 58.8 Å². The number of anilines is 2. The number of benzene rings is 5. The molecule has 0 radical (unpaired) electrons. The van der Waals surface area contributed by atoms with Crippen LogP contribution >= 0.6 is 11.8 Å². The van der Waals surface area contributed by atoms with Crippen molar-refractivity contribution in [3.8, 4) is 0 Å². The quantitative estimate of drug-likeness (QED) is 0.195. The molecule has 0 bridgehead atoms. The van der Waals surface area contributed by atoms with Crippen molar-refractivity contribution in [1.82, 2.24) is 0 Å². The molecule has 0 aromatic heterocycles. The lowest BCUT2D eigenvalue weighted by Crippen LogP contribution is -2.22. The summed E-state index contributed by atoms with van der Waals surface area (Å²) in [6, 6.07) is 36.9. The van der Waals surface area contributed by atoms with Crippen molar-refractivity contribution >= 4 is 51.6 Å². The van der Waals surface area contributed by atoms with E-state index in [4.69, 9.17) is 5.73 Å². The Balaban J connectivity index is 1.37. The summed E-state index contributed by atoms with van der Waals surface area (Å²) in [6.45, 7) is 0. The minimum absolute atomic E-state index is 0.219. The van der Waals surface area contributed by atoms with E-state index in [9.17, 15) is 14.4 Å². The standard InChI is InChI=1S/C32H25N3O3S/c33-30(36)27-15-6-7-16-28(27)35-32(38)29(22-10-2-1-3-11-22)39-26-14-8-13-25(20-26)34-31(37)24-18-17-21-9-4-5-12-23(21)19-24/h1-20,29H,(H2,33,36)(H,34,37)(H,35,38). The molecule has 192 valence electrons. The normalized spacial score (nSPS) is 11.5. The number of carbonyl (C=O) groups excluding carboxylic acids is 3. The van der Waals surface area contributed by atoms with E-state index in [0.717, 1.165) is 21.2 Å². The van der Waals surface area contributed by atoms with Crippen LogP contribution in [0, 0.1) is 0 Å². The number of nitrogens with one attached hydrogen (secondary N) is 2. The highest BCUT2D eigenvalue weighted by molar-refractivity contribution is 8.00. The average molecular weight is 532 g/mol. The van der Waals surface area contributed by atoms with Crippen LogP contribution in [0.2, 0.25) is 0 Å². The second kappa shape index (κ2) is 11.7. The molecule has 5 aromatic rings. The molecule has 0 aliphatic carbocycles. The maximum absolute atomic E-state index is 13.5. The Kier molecular flexibility index (Phi) is 7.70. The molecular weight excluding hydrogens is 506 g/mol. The zero-order chi connectivity index (χ0) is 27.2. The lowest BCUT2D eigenvalue weighted by molar-refractivity contribution is -0.115. The van der Waals surface area contributed by atoms with Crippen LogP contribution in [-0.4, -0.2) is 17.7 Å². The second-order valence-electron chi connectivity index (χ2n) is 8.85. The number of fused-ring (bicyclic) bond motifs is 1. The van der Waals surface area contributed by atoms with Crippen molar-refractivity contribution in [2.24, 2.45) is 5.73 Å². The van der Waals surface area contributed by atoms with Gasteiger partial charge in [-0.1, -0.05) is 78.9 Å². The fraction of sp³-hybridized carbons (Fsp3) is 0.0312. The molecule has 0 saturated carbocycles. The number of carbonyl (C=O) groups is 3. The number of rotatable bonds is 8. The van der Waals surface area contributed by atoms with E-state index in [1.165, 1.54) is 11.8 Å².